The molecular weight excluding hydrogens is 411 g/mol. The topological polar surface area (TPSA) is 48.4 Å². The number of aromatic nitrogens is 1. The van der Waals surface area contributed by atoms with Gasteiger partial charge in [0.15, 0.2) is 5.69 Å². The van der Waals surface area contributed by atoms with Gasteiger partial charge in [-0.05, 0) is 22.6 Å². The summed E-state index contributed by atoms with van der Waals surface area (Å²) in [5.74, 6) is -2.96. The molecule has 0 saturated carbocycles. The number of ether oxygens (including phenoxy) is 2. The van der Waals surface area contributed by atoms with Gasteiger partial charge in [-0.3, -0.25) is 0 Å². The lowest BCUT2D eigenvalue weighted by molar-refractivity contribution is -0.275. The zero-order valence-corrected chi connectivity index (χ0v) is 11.6. The average Bonchev–Trinajstić information content (AvgIpc) is 2.23. The summed E-state index contributed by atoms with van der Waals surface area (Å²) < 4.78 is 81.7. The maximum absolute atomic E-state index is 12.7. The highest BCUT2D eigenvalue weighted by Crippen LogP contribution is 2.37. The fourth-order valence-corrected chi connectivity index (χ4v) is 1.73. The number of carbonyl (C=O) groups excluding carboxylic acids is 1. The molecular formula is C9H4F6INO3. The Hall–Kier alpha value is -1.27. The first kappa shape index (κ1) is 16.8. The van der Waals surface area contributed by atoms with Gasteiger partial charge in [0.1, 0.15) is 15.0 Å². The molecule has 0 bridgehead atoms. The lowest BCUT2D eigenvalue weighted by Gasteiger charge is -2.16. The second-order valence-corrected chi connectivity index (χ2v) is 4.31. The van der Waals surface area contributed by atoms with Crippen molar-refractivity contribution < 1.29 is 40.6 Å². The van der Waals surface area contributed by atoms with Crippen LogP contribution in [0.15, 0.2) is 6.07 Å². The van der Waals surface area contributed by atoms with Gasteiger partial charge in [-0.25, -0.2) is 9.78 Å². The van der Waals surface area contributed by atoms with Gasteiger partial charge in [0, 0.05) is 6.07 Å². The number of nitrogens with zero attached hydrogens (tertiary/aromatic N) is 1. The normalized spacial score (nSPS) is 12.2. The van der Waals surface area contributed by atoms with E-state index in [1.165, 1.54) is 22.6 Å². The van der Waals surface area contributed by atoms with Crippen LogP contribution in [0.4, 0.5) is 26.3 Å². The Kier molecular flexibility index (Phi) is 4.71. The Balaban J connectivity index is 3.57. The van der Waals surface area contributed by atoms with Crippen LogP contribution in [0.3, 0.4) is 0 Å². The summed E-state index contributed by atoms with van der Waals surface area (Å²) in [5.41, 5.74) is -3.24. The summed E-state index contributed by atoms with van der Waals surface area (Å²) in [6.07, 6.45) is -10.4. The number of pyridine rings is 1. The highest BCUT2D eigenvalue weighted by atomic mass is 127. The third-order valence-electron chi connectivity index (χ3n) is 1.84. The van der Waals surface area contributed by atoms with Crippen molar-refractivity contribution in [3.05, 3.63) is 21.0 Å². The van der Waals surface area contributed by atoms with Crippen LogP contribution in [0.25, 0.3) is 0 Å². The summed E-state index contributed by atoms with van der Waals surface area (Å²) in [7, 11) is 0.720. The molecule has 1 aromatic rings. The van der Waals surface area contributed by atoms with Crippen LogP contribution < -0.4 is 4.74 Å². The number of rotatable bonds is 2. The van der Waals surface area contributed by atoms with Crippen molar-refractivity contribution in [3.63, 3.8) is 0 Å². The molecule has 1 aromatic heterocycles. The Morgan fingerprint density at radius 3 is 2.20 bits per heavy atom. The van der Waals surface area contributed by atoms with E-state index in [-0.39, 0.29) is 0 Å². The minimum absolute atomic E-state index is 0.429. The van der Waals surface area contributed by atoms with Gasteiger partial charge in [-0.1, -0.05) is 0 Å². The van der Waals surface area contributed by atoms with E-state index >= 15 is 0 Å². The average molecular weight is 415 g/mol. The highest BCUT2D eigenvalue weighted by Gasteiger charge is 2.42. The number of carbonyl (C=O) groups is 1. The van der Waals surface area contributed by atoms with E-state index in [1.54, 1.807) is 0 Å². The molecule has 0 amide bonds. The molecule has 0 aliphatic carbocycles. The number of alkyl halides is 6. The van der Waals surface area contributed by atoms with E-state index < -0.39 is 39.2 Å². The first-order valence-electron chi connectivity index (χ1n) is 4.57. The van der Waals surface area contributed by atoms with E-state index in [9.17, 15) is 31.1 Å². The number of halogens is 7. The summed E-state index contributed by atoms with van der Waals surface area (Å²) in [6.45, 7) is 0. The molecule has 0 aromatic carbocycles. The number of hydrogen-bond donors (Lipinski definition) is 0. The van der Waals surface area contributed by atoms with E-state index in [0.717, 1.165) is 7.11 Å². The number of hydrogen-bond acceptors (Lipinski definition) is 4. The van der Waals surface area contributed by atoms with Gasteiger partial charge in [-0.2, -0.15) is 13.2 Å². The van der Waals surface area contributed by atoms with Crippen LogP contribution in [0.2, 0.25) is 0 Å². The summed E-state index contributed by atoms with van der Waals surface area (Å²) >= 11 is 1.26. The molecule has 0 saturated heterocycles. The van der Waals surface area contributed by atoms with Crippen molar-refractivity contribution >= 4 is 28.6 Å². The largest absolute Gasteiger partial charge is 0.573 e. The quantitative estimate of drug-likeness (QED) is 0.322. The molecule has 0 radical (unpaired) electrons. The first-order valence-corrected chi connectivity index (χ1v) is 5.65. The summed E-state index contributed by atoms with van der Waals surface area (Å²) in [6, 6.07) is 0.551. The van der Waals surface area contributed by atoms with Gasteiger partial charge in [0.2, 0.25) is 0 Å². The predicted molar refractivity (Wildman–Crippen MR) is 60.0 cm³/mol. The third kappa shape index (κ3) is 4.11. The second-order valence-electron chi connectivity index (χ2n) is 3.20. The highest BCUT2D eigenvalue weighted by molar-refractivity contribution is 14.1. The van der Waals surface area contributed by atoms with Crippen molar-refractivity contribution in [1.82, 2.24) is 4.98 Å². The van der Waals surface area contributed by atoms with Crippen LogP contribution in [-0.4, -0.2) is 24.4 Å². The molecule has 4 nitrogen and oxygen atoms in total. The lowest BCUT2D eigenvalue weighted by atomic mass is 10.1. The fraction of sp³-hybridized carbons (Fsp3) is 0.333. The van der Waals surface area contributed by atoms with E-state index in [4.69, 9.17) is 0 Å². The SMILES string of the molecule is COC(=O)c1c(OC(F)(F)F)cc(I)nc1C(F)(F)F. The Bertz CT molecular complexity index is 528. The number of methoxy groups -OCH3 is 1. The maximum Gasteiger partial charge on any atom is 0.573 e. The zero-order chi connectivity index (χ0) is 15.7. The van der Waals surface area contributed by atoms with Crippen LogP contribution >= 0.6 is 22.6 Å². The Labute approximate surface area is 121 Å². The number of esters is 1. The second kappa shape index (κ2) is 5.61. The molecule has 0 aliphatic heterocycles. The van der Waals surface area contributed by atoms with E-state index in [0.29, 0.717) is 6.07 Å². The monoisotopic (exact) mass is 415 g/mol. The Morgan fingerprint density at radius 2 is 1.80 bits per heavy atom. The minimum Gasteiger partial charge on any atom is -0.465 e. The molecule has 1 rings (SSSR count). The van der Waals surface area contributed by atoms with Gasteiger partial charge < -0.3 is 9.47 Å². The van der Waals surface area contributed by atoms with E-state index in [1.807, 2.05) is 0 Å². The summed E-state index contributed by atoms with van der Waals surface area (Å²) in [5, 5.41) is 0. The van der Waals surface area contributed by atoms with Crippen molar-refractivity contribution in [2.45, 2.75) is 12.5 Å². The summed E-state index contributed by atoms with van der Waals surface area (Å²) in [4.78, 5) is 14.3. The molecule has 0 atom stereocenters. The van der Waals surface area contributed by atoms with Crippen molar-refractivity contribution in [2.75, 3.05) is 7.11 Å². The van der Waals surface area contributed by atoms with Gasteiger partial charge >= 0.3 is 18.5 Å². The smallest absolute Gasteiger partial charge is 0.465 e. The molecule has 1 heterocycles. The standard InChI is InChI=1S/C9H4F6INO3/c1-19-7(18)5-3(20-9(13,14)15)2-4(16)17-6(5)8(10,11)12/h2H,1H3. The molecule has 11 heteroatoms. The zero-order valence-electron chi connectivity index (χ0n) is 9.40. The fourth-order valence-electron chi connectivity index (χ4n) is 1.20. The first-order chi connectivity index (χ1) is 8.95. The molecule has 0 N–H and O–H groups in total. The van der Waals surface area contributed by atoms with Crippen molar-refractivity contribution in [2.24, 2.45) is 0 Å². The maximum atomic E-state index is 12.7. The molecule has 20 heavy (non-hydrogen) atoms. The van der Waals surface area contributed by atoms with Crippen molar-refractivity contribution in [1.29, 1.82) is 0 Å². The predicted octanol–water partition coefficient (Wildman–Crippen LogP) is 3.39. The lowest BCUT2D eigenvalue weighted by Crippen LogP contribution is -2.23. The van der Waals surface area contributed by atoms with Crippen LogP contribution in [0, 0.1) is 3.70 Å². The van der Waals surface area contributed by atoms with E-state index in [2.05, 4.69) is 14.5 Å². The Morgan fingerprint density at radius 1 is 1.25 bits per heavy atom. The van der Waals surface area contributed by atoms with Crippen LogP contribution in [-0.2, 0) is 10.9 Å². The molecule has 0 unspecified atom stereocenters. The van der Waals surface area contributed by atoms with Gasteiger partial charge in [0.05, 0.1) is 7.11 Å². The molecule has 0 spiro atoms. The van der Waals surface area contributed by atoms with Crippen molar-refractivity contribution in [3.8, 4) is 5.75 Å². The van der Waals surface area contributed by atoms with Crippen LogP contribution in [0.5, 0.6) is 5.75 Å². The molecule has 112 valence electrons. The minimum atomic E-state index is -5.27. The molecule has 0 aliphatic rings. The van der Waals surface area contributed by atoms with Crippen LogP contribution in [0.1, 0.15) is 16.1 Å². The van der Waals surface area contributed by atoms with Gasteiger partial charge in [-0.15, -0.1) is 13.2 Å². The van der Waals surface area contributed by atoms with Gasteiger partial charge in [0.25, 0.3) is 0 Å². The third-order valence-corrected chi connectivity index (χ3v) is 2.39. The molecule has 0 fully saturated rings.